The number of aliphatic hydroxyl groups is 1. The predicted octanol–water partition coefficient (Wildman–Crippen LogP) is 2.56. The summed E-state index contributed by atoms with van der Waals surface area (Å²) >= 11 is 0. The Balaban J connectivity index is 1.43. The number of amides is 1. The zero-order chi connectivity index (χ0) is 24.6. The number of nitrogens with zero attached hydrogens (tertiary/aromatic N) is 6. The number of benzene rings is 1. The Labute approximate surface area is 203 Å². The lowest BCUT2D eigenvalue weighted by Gasteiger charge is -2.21. The largest absolute Gasteiger partial charge is 0.395 e. The van der Waals surface area contributed by atoms with Crippen LogP contribution in [-0.2, 0) is 16.8 Å². The van der Waals surface area contributed by atoms with Gasteiger partial charge in [0.05, 0.1) is 29.2 Å². The van der Waals surface area contributed by atoms with Crippen molar-refractivity contribution in [3.63, 3.8) is 0 Å². The van der Waals surface area contributed by atoms with Crippen LogP contribution in [0.3, 0.4) is 0 Å². The van der Waals surface area contributed by atoms with E-state index in [9.17, 15) is 15.2 Å². The number of carbonyl (C=O) groups excluding carboxylic acids is 1. The van der Waals surface area contributed by atoms with Crippen molar-refractivity contribution in [3.8, 4) is 17.3 Å². The highest BCUT2D eigenvalue weighted by molar-refractivity contribution is 5.77. The van der Waals surface area contributed by atoms with Gasteiger partial charge in [0.2, 0.25) is 11.9 Å². The minimum absolute atomic E-state index is 0.0304. The molecule has 2 aromatic heterocycles. The Morgan fingerprint density at radius 2 is 2.11 bits per heavy atom. The molecule has 35 heavy (non-hydrogen) atoms. The third kappa shape index (κ3) is 4.31. The van der Waals surface area contributed by atoms with E-state index in [0.717, 1.165) is 48.4 Å². The first kappa shape index (κ1) is 22.8. The van der Waals surface area contributed by atoms with Gasteiger partial charge in [-0.2, -0.15) is 10.4 Å². The molecule has 1 atom stereocenters. The lowest BCUT2D eigenvalue weighted by molar-refractivity contribution is -0.130. The van der Waals surface area contributed by atoms with Crippen LogP contribution in [0.1, 0.15) is 36.6 Å². The first-order valence-electron chi connectivity index (χ1n) is 11.8. The zero-order valence-corrected chi connectivity index (χ0v) is 19.9. The van der Waals surface area contributed by atoms with E-state index in [0.29, 0.717) is 29.6 Å². The van der Waals surface area contributed by atoms with Gasteiger partial charge in [-0.05, 0) is 43.5 Å². The topological polar surface area (TPSA) is 132 Å². The van der Waals surface area contributed by atoms with E-state index < -0.39 is 5.41 Å². The Kier molecular flexibility index (Phi) is 5.86. The van der Waals surface area contributed by atoms with Gasteiger partial charge >= 0.3 is 0 Å². The maximum atomic E-state index is 12.7. The van der Waals surface area contributed by atoms with Crippen LogP contribution in [0.25, 0.3) is 11.3 Å². The van der Waals surface area contributed by atoms with E-state index >= 15 is 0 Å². The molecule has 2 aliphatic heterocycles. The van der Waals surface area contributed by atoms with Crippen molar-refractivity contribution in [1.29, 1.82) is 5.26 Å². The van der Waals surface area contributed by atoms with E-state index in [1.807, 2.05) is 30.9 Å². The van der Waals surface area contributed by atoms with Crippen molar-refractivity contribution >= 4 is 23.4 Å². The fraction of sp³-hybridized carbons (Fsp3) is 0.400. The maximum Gasteiger partial charge on any atom is 0.244 e. The van der Waals surface area contributed by atoms with Gasteiger partial charge in [0.1, 0.15) is 18.4 Å². The molecule has 1 amide bonds. The summed E-state index contributed by atoms with van der Waals surface area (Å²) in [6.07, 6.45) is 3.73. The molecule has 0 radical (unpaired) electrons. The van der Waals surface area contributed by atoms with E-state index in [4.69, 9.17) is 0 Å². The zero-order valence-electron chi connectivity index (χ0n) is 19.9. The SMILES string of the molecule is Cc1cc(Nc2nccc(-c3cc(C#N)c4c(c3)C(C)(CO)CN4)n2)n(CC(=O)N2CCCC2)n1. The fourth-order valence-corrected chi connectivity index (χ4v) is 4.72. The Morgan fingerprint density at radius 3 is 2.86 bits per heavy atom. The van der Waals surface area contributed by atoms with Crippen molar-refractivity contribution in [2.45, 2.75) is 38.6 Å². The number of nitriles is 1. The molecule has 2 aliphatic rings. The summed E-state index contributed by atoms with van der Waals surface area (Å²) in [6.45, 7) is 6.12. The van der Waals surface area contributed by atoms with Crippen LogP contribution in [0.15, 0.2) is 30.5 Å². The molecule has 10 heteroatoms. The number of rotatable bonds is 6. The predicted molar refractivity (Wildman–Crippen MR) is 131 cm³/mol. The van der Waals surface area contributed by atoms with Crippen LogP contribution in [0, 0.1) is 18.3 Å². The number of hydrogen-bond donors (Lipinski definition) is 3. The molecule has 0 saturated carbocycles. The third-order valence-corrected chi connectivity index (χ3v) is 6.75. The smallest absolute Gasteiger partial charge is 0.244 e. The summed E-state index contributed by atoms with van der Waals surface area (Å²) < 4.78 is 1.65. The third-order valence-electron chi connectivity index (χ3n) is 6.75. The molecule has 3 N–H and O–H groups in total. The second-order valence-corrected chi connectivity index (χ2v) is 9.44. The Hall–Kier alpha value is -3.97. The normalized spacial score (nSPS) is 18.7. The second-order valence-electron chi connectivity index (χ2n) is 9.44. The van der Waals surface area contributed by atoms with Gasteiger partial charge in [0, 0.05) is 42.9 Å². The molecule has 3 aromatic rings. The highest BCUT2D eigenvalue weighted by atomic mass is 16.3. The number of fused-ring (bicyclic) bond motifs is 1. The van der Waals surface area contributed by atoms with Gasteiger partial charge in [-0.3, -0.25) is 4.79 Å². The Bertz CT molecular complexity index is 1320. The van der Waals surface area contributed by atoms with E-state index in [-0.39, 0.29) is 19.1 Å². The highest BCUT2D eigenvalue weighted by Crippen LogP contribution is 2.41. The number of nitrogens with one attached hydrogen (secondary N) is 2. The number of aromatic nitrogens is 4. The van der Waals surface area contributed by atoms with Crippen LogP contribution >= 0.6 is 0 Å². The average Bonchev–Trinajstić information content (AvgIpc) is 3.59. The number of hydrogen-bond acceptors (Lipinski definition) is 8. The molecular weight excluding hydrogens is 444 g/mol. The molecule has 10 nitrogen and oxygen atoms in total. The van der Waals surface area contributed by atoms with Crippen LogP contribution < -0.4 is 10.6 Å². The molecular formula is C25H28N8O2. The van der Waals surface area contributed by atoms with Crippen LogP contribution in [0.5, 0.6) is 0 Å². The molecule has 1 fully saturated rings. The summed E-state index contributed by atoms with van der Waals surface area (Å²) in [5.74, 6) is 1.04. The van der Waals surface area contributed by atoms with Crippen molar-refractivity contribution in [2.75, 3.05) is 36.9 Å². The molecule has 1 unspecified atom stereocenters. The summed E-state index contributed by atoms with van der Waals surface area (Å²) in [5, 5.41) is 30.6. The summed E-state index contributed by atoms with van der Waals surface area (Å²) in [6, 6.07) is 9.66. The molecule has 5 rings (SSSR count). The molecule has 0 aliphatic carbocycles. The van der Waals surface area contributed by atoms with Crippen molar-refractivity contribution < 1.29 is 9.90 Å². The summed E-state index contributed by atoms with van der Waals surface area (Å²) in [7, 11) is 0. The molecule has 0 spiro atoms. The number of anilines is 3. The fourth-order valence-electron chi connectivity index (χ4n) is 4.72. The Morgan fingerprint density at radius 1 is 1.31 bits per heavy atom. The van der Waals surface area contributed by atoms with Crippen LogP contribution in [0.2, 0.25) is 0 Å². The lowest BCUT2D eigenvalue weighted by Crippen LogP contribution is -2.31. The number of aryl methyl sites for hydroxylation is 1. The molecule has 0 bridgehead atoms. The standard InChI is InChI=1S/C25H28N8O2/c1-16-9-21(33(31-16)13-22(35)32-7-3-4-8-32)30-24-27-6-5-20(29-24)17-10-18(12-26)23-19(11-17)25(2,15-34)14-28-23/h5-6,9-11,28,34H,3-4,7-8,13-15H2,1-2H3,(H,27,29,30). The summed E-state index contributed by atoms with van der Waals surface area (Å²) in [5.41, 5.74) is 3.89. The summed E-state index contributed by atoms with van der Waals surface area (Å²) in [4.78, 5) is 23.5. The molecule has 4 heterocycles. The maximum absolute atomic E-state index is 12.7. The monoisotopic (exact) mass is 472 g/mol. The van der Waals surface area contributed by atoms with Gasteiger partial charge in [-0.1, -0.05) is 6.92 Å². The van der Waals surface area contributed by atoms with Gasteiger partial charge in [-0.25, -0.2) is 14.6 Å². The van der Waals surface area contributed by atoms with E-state index in [1.165, 1.54) is 0 Å². The van der Waals surface area contributed by atoms with Crippen molar-refractivity contribution in [1.82, 2.24) is 24.6 Å². The number of carbonyl (C=O) groups is 1. The van der Waals surface area contributed by atoms with Gasteiger partial charge in [-0.15, -0.1) is 0 Å². The molecule has 180 valence electrons. The highest BCUT2D eigenvalue weighted by Gasteiger charge is 2.36. The first-order chi connectivity index (χ1) is 16.9. The van der Waals surface area contributed by atoms with Gasteiger partial charge in [0.15, 0.2) is 0 Å². The molecule has 1 saturated heterocycles. The van der Waals surface area contributed by atoms with Crippen molar-refractivity contribution in [3.05, 3.63) is 47.3 Å². The number of likely N-dealkylation sites (tertiary alicyclic amines) is 1. The van der Waals surface area contributed by atoms with Crippen LogP contribution in [-0.4, -0.2) is 61.9 Å². The quantitative estimate of drug-likeness (QED) is 0.499. The minimum atomic E-state index is -0.475. The van der Waals surface area contributed by atoms with Gasteiger partial charge in [0.25, 0.3) is 0 Å². The lowest BCUT2D eigenvalue weighted by atomic mass is 9.83. The minimum Gasteiger partial charge on any atom is -0.395 e. The van der Waals surface area contributed by atoms with E-state index in [2.05, 4.69) is 31.8 Å². The van der Waals surface area contributed by atoms with Gasteiger partial charge < -0.3 is 20.6 Å². The molecule has 1 aromatic carbocycles. The average molecular weight is 473 g/mol. The van der Waals surface area contributed by atoms with Crippen molar-refractivity contribution in [2.24, 2.45) is 0 Å². The van der Waals surface area contributed by atoms with Crippen LogP contribution in [0.4, 0.5) is 17.5 Å². The first-order valence-corrected chi connectivity index (χ1v) is 11.8. The van der Waals surface area contributed by atoms with E-state index in [1.54, 1.807) is 23.0 Å². The number of aliphatic hydroxyl groups excluding tert-OH is 1. The second kappa shape index (κ2) is 9.00.